The van der Waals surface area contributed by atoms with Crippen LogP contribution in [0.5, 0.6) is 17.2 Å². The number of urea groups is 1. The first-order valence-corrected chi connectivity index (χ1v) is 11.5. The number of benzene rings is 2. The lowest BCUT2D eigenvalue weighted by Gasteiger charge is -2.27. The number of para-hydroxylation sites is 1. The highest BCUT2D eigenvalue weighted by Crippen LogP contribution is 2.30. The number of ether oxygens (including phenoxy) is 3. The number of rotatable bonds is 11. The monoisotopic (exact) mass is 466 g/mol. The lowest BCUT2D eigenvalue weighted by atomic mass is 10.1. The number of carbonyl (C=O) groups is 3. The molecule has 0 bridgehead atoms. The summed E-state index contributed by atoms with van der Waals surface area (Å²) in [4.78, 5) is 39.2. The van der Waals surface area contributed by atoms with E-state index in [1.807, 2.05) is 26.8 Å². The van der Waals surface area contributed by atoms with Crippen molar-refractivity contribution < 1.29 is 28.6 Å². The van der Waals surface area contributed by atoms with E-state index in [1.165, 1.54) is 6.08 Å². The number of imide groups is 2. The molecule has 0 atom stereocenters. The average Bonchev–Trinajstić information content (AvgIpc) is 2.83. The van der Waals surface area contributed by atoms with Gasteiger partial charge in [-0.1, -0.05) is 38.1 Å². The molecule has 1 saturated heterocycles. The van der Waals surface area contributed by atoms with Gasteiger partial charge in [0.05, 0.1) is 26.4 Å². The van der Waals surface area contributed by atoms with Gasteiger partial charge in [-0.25, -0.2) is 4.79 Å². The molecule has 0 saturated carbocycles. The Kier molecular flexibility index (Phi) is 8.67. The largest absolute Gasteiger partial charge is 0.493 e. The van der Waals surface area contributed by atoms with Gasteiger partial charge in [-0.3, -0.25) is 19.8 Å². The molecule has 180 valence electrons. The minimum atomic E-state index is -0.771. The van der Waals surface area contributed by atoms with Crippen LogP contribution in [-0.4, -0.2) is 42.6 Å². The second-order valence-corrected chi connectivity index (χ2v) is 7.66. The van der Waals surface area contributed by atoms with Crippen molar-refractivity contribution in [3.63, 3.8) is 0 Å². The number of nitrogens with zero attached hydrogens (tertiary/aromatic N) is 1. The maximum atomic E-state index is 13.2. The van der Waals surface area contributed by atoms with Crippen molar-refractivity contribution in [3.05, 3.63) is 59.2 Å². The van der Waals surface area contributed by atoms with Crippen LogP contribution >= 0.6 is 0 Å². The molecule has 0 aliphatic carbocycles. The van der Waals surface area contributed by atoms with Crippen molar-refractivity contribution in [2.24, 2.45) is 0 Å². The van der Waals surface area contributed by atoms with Gasteiger partial charge in [0.25, 0.3) is 11.8 Å². The predicted octanol–water partition coefficient (Wildman–Crippen LogP) is 4.32. The number of carbonyl (C=O) groups excluding carboxylic acids is 3. The van der Waals surface area contributed by atoms with E-state index >= 15 is 0 Å². The van der Waals surface area contributed by atoms with E-state index in [2.05, 4.69) is 5.32 Å². The third-order valence-electron chi connectivity index (χ3n) is 4.98. The predicted molar refractivity (Wildman–Crippen MR) is 128 cm³/mol. The molecular weight excluding hydrogens is 436 g/mol. The summed E-state index contributed by atoms with van der Waals surface area (Å²) in [5.74, 6) is 0.275. The fraction of sp³-hybridized carbons (Fsp3) is 0.346. The second-order valence-electron chi connectivity index (χ2n) is 7.66. The SMILES string of the molecule is CCCOc1ccccc1/C=C1\C(=O)NC(=O)N(Cc2ccc(OCCC)c(OCC)c2)C1=O. The lowest BCUT2D eigenvalue weighted by molar-refractivity contribution is -0.130. The zero-order chi connectivity index (χ0) is 24.5. The Bertz CT molecular complexity index is 1080. The first-order chi connectivity index (χ1) is 16.5. The van der Waals surface area contributed by atoms with E-state index in [1.54, 1.807) is 36.4 Å². The van der Waals surface area contributed by atoms with Crippen molar-refractivity contribution in [1.29, 1.82) is 0 Å². The molecule has 8 heteroatoms. The molecule has 0 aromatic heterocycles. The molecule has 4 amide bonds. The molecule has 2 aromatic carbocycles. The Hall–Kier alpha value is -3.81. The third kappa shape index (κ3) is 5.95. The number of hydrogen-bond acceptors (Lipinski definition) is 6. The zero-order valence-corrected chi connectivity index (χ0v) is 19.8. The quantitative estimate of drug-likeness (QED) is 0.391. The van der Waals surface area contributed by atoms with Crippen molar-refractivity contribution in [2.75, 3.05) is 19.8 Å². The van der Waals surface area contributed by atoms with E-state index in [0.29, 0.717) is 48.2 Å². The summed E-state index contributed by atoms with van der Waals surface area (Å²) in [7, 11) is 0. The Labute approximate surface area is 199 Å². The standard InChI is InChI=1S/C26H30N2O6/c1-4-13-33-21-10-8-7-9-19(21)16-20-24(29)27-26(31)28(25(20)30)17-18-11-12-22(34-14-5-2)23(15-18)32-6-3/h7-12,15-16H,4-6,13-14,17H2,1-3H3,(H,27,29,31)/b20-16+. The zero-order valence-electron chi connectivity index (χ0n) is 19.8. The van der Waals surface area contributed by atoms with Crippen LogP contribution in [-0.2, 0) is 16.1 Å². The number of barbiturate groups is 1. The molecule has 2 aromatic rings. The highest BCUT2D eigenvalue weighted by Gasteiger charge is 2.36. The molecule has 8 nitrogen and oxygen atoms in total. The Balaban J connectivity index is 1.87. The van der Waals surface area contributed by atoms with Crippen LogP contribution in [0.25, 0.3) is 6.08 Å². The van der Waals surface area contributed by atoms with Gasteiger partial charge < -0.3 is 14.2 Å². The van der Waals surface area contributed by atoms with Gasteiger partial charge in [-0.05, 0) is 49.6 Å². The van der Waals surface area contributed by atoms with Crippen LogP contribution < -0.4 is 19.5 Å². The van der Waals surface area contributed by atoms with Gasteiger partial charge in [0, 0.05) is 5.56 Å². The van der Waals surface area contributed by atoms with Crippen molar-refractivity contribution >= 4 is 23.9 Å². The first-order valence-electron chi connectivity index (χ1n) is 11.5. The van der Waals surface area contributed by atoms with Gasteiger partial charge in [0.15, 0.2) is 11.5 Å². The van der Waals surface area contributed by atoms with Crippen LogP contribution in [0.4, 0.5) is 4.79 Å². The van der Waals surface area contributed by atoms with E-state index in [9.17, 15) is 14.4 Å². The van der Waals surface area contributed by atoms with E-state index < -0.39 is 17.8 Å². The van der Waals surface area contributed by atoms with Crippen LogP contribution in [0.1, 0.15) is 44.7 Å². The van der Waals surface area contributed by atoms with Gasteiger partial charge in [0.2, 0.25) is 0 Å². The smallest absolute Gasteiger partial charge is 0.331 e. The van der Waals surface area contributed by atoms with Crippen LogP contribution in [0.3, 0.4) is 0 Å². The fourth-order valence-electron chi connectivity index (χ4n) is 3.37. The normalized spacial score (nSPS) is 14.9. The molecule has 0 radical (unpaired) electrons. The van der Waals surface area contributed by atoms with Crippen molar-refractivity contribution in [2.45, 2.75) is 40.2 Å². The Morgan fingerprint density at radius 3 is 2.26 bits per heavy atom. The molecule has 1 fully saturated rings. The molecule has 1 N–H and O–H groups in total. The highest BCUT2D eigenvalue weighted by molar-refractivity contribution is 6.31. The van der Waals surface area contributed by atoms with Gasteiger partial charge in [0.1, 0.15) is 11.3 Å². The summed E-state index contributed by atoms with van der Waals surface area (Å²) in [6.45, 7) is 7.32. The summed E-state index contributed by atoms with van der Waals surface area (Å²) < 4.78 is 17.1. The van der Waals surface area contributed by atoms with Crippen molar-refractivity contribution in [3.8, 4) is 17.2 Å². The molecule has 34 heavy (non-hydrogen) atoms. The topological polar surface area (TPSA) is 94.2 Å². The Morgan fingerprint density at radius 2 is 1.56 bits per heavy atom. The number of hydrogen-bond donors (Lipinski definition) is 1. The molecule has 1 aliphatic rings. The lowest BCUT2D eigenvalue weighted by Crippen LogP contribution is -2.53. The summed E-state index contributed by atoms with van der Waals surface area (Å²) in [6, 6.07) is 11.6. The molecule has 1 aliphatic heterocycles. The van der Waals surface area contributed by atoms with E-state index in [0.717, 1.165) is 17.7 Å². The molecule has 1 heterocycles. The minimum Gasteiger partial charge on any atom is -0.493 e. The van der Waals surface area contributed by atoms with E-state index in [4.69, 9.17) is 14.2 Å². The van der Waals surface area contributed by atoms with Gasteiger partial charge in [-0.15, -0.1) is 0 Å². The minimum absolute atomic E-state index is 0.0304. The maximum Gasteiger partial charge on any atom is 0.331 e. The third-order valence-corrected chi connectivity index (χ3v) is 4.98. The van der Waals surface area contributed by atoms with Crippen LogP contribution in [0, 0.1) is 0 Å². The van der Waals surface area contributed by atoms with Crippen LogP contribution in [0.15, 0.2) is 48.0 Å². The summed E-state index contributed by atoms with van der Waals surface area (Å²) in [6.07, 6.45) is 3.12. The highest BCUT2D eigenvalue weighted by atomic mass is 16.5. The molecule has 3 rings (SSSR count). The summed E-state index contributed by atoms with van der Waals surface area (Å²) >= 11 is 0. The summed E-state index contributed by atoms with van der Waals surface area (Å²) in [5, 5.41) is 2.25. The average molecular weight is 467 g/mol. The molecule has 0 spiro atoms. The van der Waals surface area contributed by atoms with Gasteiger partial charge in [-0.2, -0.15) is 0 Å². The number of amides is 4. The molecule has 0 unspecified atom stereocenters. The fourth-order valence-corrected chi connectivity index (χ4v) is 3.37. The second kappa shape index (κ2) is 11.9. The Morgan fingerprint density at radius 1 is 0.853 bits per heavy atom. The van der Waals surface area contributed by atoms with Crippen LogP contribution in [0.2, 0.25) is 0 Å². The maximum absolute atomic E-state index is 13.2. The summed E-state index contributed by atoms with van der Waals surface area (Å²) in [5.41, 5.74) is 1.11. The van der Waals surface area contributed by atoms with Crippen molar-refractivity contribution in [1.82, 2.24) is 10.2 Å². The van der Waals surface area contributed by atoms with Gasteiger partial charge >= 0.3 is 6.03 Å². The first kappa shape index (κ1) is 24.8. The molecular formula is C26H30N2O6. The van der Waals surface area contributed by atoms with E-state index in [-0.39, 0.29) is 12.1 Å². The number of nitrogens with one attached hydrogen (secondary N) is 1.